The van der Waals surface area contributed by atoms with Gasteiger partial charge in [-0.15, -0.1) is 11.8 Å². The van der Waals surface area contributed by atoms with Crippen LogP contribution in [-0.2, 0) is 0 Å². The maximum Gasteiger partial charge on any atom is 0.124 e. The number of rotatable bonds is 4. The summed E-state index contributed by atoms with van der Waals surface area (Å²) < 4.78 is 3.91. The highest BCUT2D eigenvalue weighted by molar-refractivity contribution is 7.98. The Bertz CT molecular complexity index is 1090. The van der Waals surface area contributed by atoms with Gasteiger partial charge < -0.3 is 4.57 Å². The van der Waals surface area contributed by atoms with Gasteiger partial charge in [0.05, 0.1) is 17.0 Å². The van der Waals surface area contributed by atoms with Crippen molar-refractivity contribution in [2.24, 2.45) is 0 Å². The summed E-state index contributed by atoms with van der Waals surface area (Å²) in [6, 6.07) is 13.7. The Morgan fingerprint density at radius 3 is 2.44 bits per heavy atom. The Labute approximate surface area is 171 Å². The minimum Gasteiger partial charge on any atom is -0.302 e. The zero-order chi connectivity index (χ0) is 19.0. The first kappa shape index (κ1) is 18.2. The number of halogens is 2. The molecule has 0 atom stereocenters. The number of hydrogen-bond donors (Lipinski definition) is 0. The first-order valence-electron chi connectivity index (χ1n) is 8.26. The van der Waals surface area contributed by atoms with Crippen molar-refractivity contribution in [3.63, 3.8) is 0 Å². The van der Waals surface area contributed by atoms with Gasteiger partial charge in [0.2, 0.25) is 0 Å². The number of hydrogen-bond acceptors (Lipinski definition) is 3. The van der Waals surface area contributed by atoms with Crippen molar-refractivity contribution in [3.8, 4) is 22.6 Å². The van der Waals surface area contributed by atoms with Crippen LogP contribution in [-0.4, -0.2) is 25.6 Å². The molecule has 4 nitrogen and oxygen atoms in total. The third kappa shape index (κ3) is 3.38. The summed E-state index contributed by atoms with van der Waals surface area (Å²) in [6.07, 6.45) is 7.46. The maximum absolute atomic E-state index is 6.50. The molecule has 4 aromatic rings. The monoisotopic (exact) mass is 414 g/mol. The first-order chi connectivity index (χ1) is 13.1. The van der Waals surface area contributed by atoms with Crippen LogP contribution in [0.25, 0.3) is 22.6 Å². The molecule has 7 heteroatoms. The number of imidazole rings is 1. The number of aromatic nitrogens is 4. The van der Waals surface area contributed by atoms with Crippen LogP contribution in [0.1, 0.15) is 5.56 Å². The highest BCUT2D eigenvalue weighted by Gasteiger charge is 2.22. The number of thioether (sulfide) groups is 1. The van der Waals surface area contributed by atoms with Crippen molar-refractivity contribution in [2.45, 2.75) is 11.9 Å². The van der Waals surface area contributed by atoms with Crippen molar-refractivity contribution in [2.75, 3.05) is 6.26 Å². The Kier molecular flexibility index (Phi) is 5.00. The highest BCUT2D eigenvalue weighted by atomic mass is 35.5. The van der Waals surface area contributed by atoms with Crippen LogP contribution in [0.5, 0.6) is 0 Å². The lowest BCUT2D eigenvalue weighted by atomic mass is 10.1. The molecular formula is C20H16Cl2N4S. The minimum atomic E-state index is 0.560. The van der Waals surface area contributed by atoms with E-state index in [0.29, 0.717) is 10.0 Å². The van der Waals surface area contributed by atoms with Gasteiger partial charge in [-0.05, 0) is 43.5 Å². The molecule has 0 spiro atoms. The summed E-state index contributed by atoms with van der Waals surface area (Å²) in [7, 11) is 0. The molecule has 0 fully saturated rings. The third-order valence-electron chi connectivity index (χ3n) is 4.24. The summed E-state index contributed by atoms with van der Waals surface area (Å²) in [5.74, 6) is 0. The Balaban J connectivity index is 2.01. The molecule has 0 aliphatic heterocycles. The van der Waals surface area contributed by atoms with Gasteiger partial charge in [0.25, 0.3) is 0 Å². The fourth-order valence-corrected chi connectivity index (χ4v) is 4.14. The van der Waals surface area contributed by atoms with Crippen LogP contribution in [0.15, 0.2) is 66.2 Å². The lowest BCUT2D eigenvalue weighted by molar-refractivity contribution is 0.800. The van der Waals surface area contributed by atoms with E-state index in [2.05, 4.69) is 36.2 Å². The smallest absolute Gasteiger partial charge is 0.124 e. The SMILES string of the molecule is CSc1c(-n2ccnc2)c(-c2ccc(Cl)cc2Cl)nn1-c1ccc(C)cc1. The molecule has 0 N–H and O–H groups in total. The van der Waals surface area contributed by atoms with E-state index in [1.807, 2.05) is 33.8 Å². The molecule has 0 unspecified atom stereocenters. The van der Waals surface area contributed by atoms with Gasteiger partial charge in [-0.3, -0.25) is 0 Å². The molecule has 0 aliphatic carbocycles. The lowest BCUT2D eigenvalue weighted by Gasteiger charge is -2.08. The first-order valence-corrected chi connectivity index (χ1v) is 10.2. The molecular weight excluding hydrogens is 399 g/mol. The second kappa shape index (κ2) is 7.43. The topological polar surface area (TPSA) is 35.6 Å². The van der Waals surface area contributed by atoms with E-state index in [-0.39, 0.29) is 0 Å². The van der Waals surface area contributed by atoms with Crippen LogP contribution in [0.3, 0.4) is 0 Å². The molecule has 0 radical (unpaired) electrons. The molecule has 0 saturated heterocycles. The molecule has 2 aromatic carbocycles. The van der Waals surface area contributed by atoms with Gasteiger partial charge >= 0.3 is 0 Å². The normalized spacial score (nSPS) is 11.1. The number of benzene rings is 2. The van der Waals surface area contributed by atoms with Crippen LogP contribution >= 0.6 is 35.0 Å². The van der Waals surface area contributed by atoms with Crippen molar-refractivity contribution >= 4 is 35.0 Å². The van der Waals surface area contributed by atoms with Gasteiger partial charge in [-0.1, -0.05) is 40.9 Å². The van der Waals surface area contributed by atoms with E-state index in [1.54, 1.807) is 30.4 Å². The molecule has 0 bridgehead atoms. The van der Waals surface area contributed by atoms with Crippen molar-refractivity contribution in [3.05, 3.63) is 76.8 Å². The third-order valence-corrected chi connectivity index (χ3v) is 5.54. The predicted molar refractivity (Wildman–Crippen MR) is 113 cm³/mol. The fraction of sp³-hybridized carbons (Fsp3) is 0.100. The van der Waals surface area contributed by atoms with E-state index in [4.69, 9.17) is 28.3 Å². The highest BCUT2D eigenvalue weighted by Crippen LogP contribution is 2.39. The zero-order valence-corrected chi connectivity index (χ0v) is 17.1. The molecule has 0 aliphatic rings. The molecule has 2 aromatic heterocycles. The van der Waals surface area contributed by atoms with Crippen LogP contribution in [0.4, 0.5) is 0 Å². The summed E-state index contributed by atoms with van der Waals surface area (Å²) in [6.45, 7) is 2.07. The van der Waals surface area contributed by atoms with E-state index in [9.17, 15) is 0 Å². The number of aryl methyl sites for hydroxylation is 1. The summed E-state index contributed by atoms with van der Waals surface area (Å²) in [4.78, 5) is 4.20. The summed E-state index contributed by atoms with van der Waals surface area (Å²) in [5.41, 5.74) is 4.73. The molecule has 0 amide bonds. The van der Waals surface area contributed by atoms with Crippen LogP contribution in [0, 0.1) is 6.92 Å². The Morgan fingerprint density at radius 1 is 1.04 bits per heavy atom. The average Bonchev–Trinajstić information content (AvgIpc) is 3.29. The van der Waals surface area contributed by atoms with E-state index < -0.39 is 0 Å². The van der Waals surface area contributed by atoms with Gasteiger partial charge in [-0.25, -0.2) is 9.67 Å². The second-order valence-electron chi connectivity index (χ2n) is 6.05. The minimum absolute atomic E-state index is 0.560. The van der Waals surface area contributed by atoms with Gasteiger partial charge in [0.15, 0.2) is 0 Å². The van der Waals surface area contributed by atoms with Gasteiger partial charge in [0.1, 0.15) is 16.4 Å². The standard InChI is InChI=1S/C20H16Cl2N4S/c1-13-3-6-15(7-4-13)26-20(27-2)19(25-10-9-23-12-25)18(24-26)16-8-5-14(21)11-17(16)22/h3-12H,1-2H3. The predicted octanol–water partition coefficient (Wildman–Crippen LogP) is 6.06. The maximum atomic E-state index is 6.50. The molecule has 136 valence electrons. The van der Waals surface area contributed by atoms with Gasteiger partial charge in [-0.2, -0.15) is 5.10 Å². The van der Waals surface area contributed by atoms with Crippen LogP contribution in [0.2, 0.25) is 10.0 Å². The summed E-state index contributed by atoms with van der Waals surface area (Å²) >= 11 is 14.2. The van der Waals surface area contributed by atoms with E-state index >= 15 is 0 Å². The molecule has 4 rings (SSSR count). The van der Waals surface area contributed by atoms with E-state index in [0.717, 1.165) is 27.7 Å². The van der Waals surface area contributed by atoms with Crippen LogP contribution < -0.4 is 0 Å². The van der Waals surface area contributed by atoms with Crippen molar-refractivity contribution < 1.29 is 0 Å². The molecule has 0 saturated carbocycles. The summed E-state index contributed by atoms with van der Waals surface area (Å²) in [5, 5.41) is 7.07. The fourth-order valence-electron chi connectivity index (χ4n) is 2.93. The second-order valence-corrected chi connectivity index (χ2v) is 7.69. The molecule has 2 heterocycles. The van der Waals surface area contributed by atoms with Crippen molar-refractivity contribution in [1.82, 2.24) is 19.3 Å². The largest absolute Gasteiger partial charge is 0.302 e. The molecule has 27 heavy (non-hydrogen) atoms. The Hall–Kier alpha value is -2.21. The quantitative estimate of drug-likeness (QED) is 0.380. The lowest BCUT2D eigenvalue weighted by Crippen LogP contribution is -1.99. The Morgan fingerprint density at radius 2 is 1.81 bits per heavy atom. The zero-order valence-electron chi connectivity index (χ0n) is 14.7. The number of nitrogens with zero attached hydrogens (tertiary/aromatic N) is 4. The van der Waals surface area contributed by atoms with E-state index in [1.165, 1.54) is 5.56 Å². The van der Waals surface area contributed by atoms with Crippen molar-refractivity contribution in [1.29, 1.82) is 0 Å². The van der Waals surface area contributed by atoms with Gasteiger partial charge in [0, 0.05) is 23.0 Å². The average molecular weight is 415 g/mol.